The molecular weight excluding hydrogens is 476 g/mol. The van der Waals surface area contributed by atoms with E-state index in [0.29, 0.717) is 11.1 Å². The number of carboxylic acid groups (broad SMARTS) is 2. The van der Waals surface area contributed by atoms with Crippen LogP contribution in [-0.2, 0) is 21.7 Å². The summed E-state index contributed by atoms with van der Waals surface area (Å²) in [5.41, 5.74) is 7.73. The number of aromatic carboxylic acids is 2. The molecule has 0 fully saturated rings. The van der Waals surface area contributed by atoms with Gasteiger partial charge in [0, 0.05) is 0 Å². The third-order valence-corrected chi connectivity index (χ3v) is 6.25. The molecule has 5 rings (SSSR count). The average Bonchev–Trinajstić information content (AvgIpc) is 3.19. The number of allylic oxidation sites excluding steroid dienone is 4. The Morgan fingerprint density at radius 2 is 1.23 bits per heavy atom. The van der Waals surface area contributed by atoms with E-state index in [2.05, 4.69) is 13.3 Å². The molecule has 2 aromatic rings. The van der Waals surface area contributed by atoms with Gasteiger partial charge in [-0.05, 0) is 49.4 Å². The van der Waals surface area contributed by atoms with Gasteiger partial charge in [-0.25, -0.2) is 21.6 Å². The van der Waals surface area contributed by atoms with E-state index in [-0.39, 0.29) is 21.7 Å². The molecule has 0 radical (unpaired) electrons. The average molecular weight is 510 g/mol. The van der Waals surface area contributed by atoms with Crippen molar-refractivity contribution in [2.24, 2.45) is 5.92 Å². The minimum atomic E-state index is -0.879. The van der Waals surface area contributed by atoms with E-state index in [9.17, 15) is 9.59 Å². The number of hydrogen-bond donors (Lipinski definition) is 2. The quantitative estimate of drug-likeness (QED) is 0.385. The Hall–Kier alpha value is -2.60. The summed E-state index contributed by atoms with van der Waals surface area (Å²) < 4.78 is 0. The second-order valence-corrected chi connectivity index (χ2v) is 8.31. The first-order valence-electron chi connectivity index (χ1n) is 11.7. The van der Waals surface area contributed by atoms with Gasteiger partial charge < -0.3 is 15.3 Å². The maximum Gasteiger partial charge on any atom is 2.00 e. The van der Waals surface area contributed by atoms with Crippen LogP contribution < -0.4 is 5.11 Å². The number of carbonyl (C=O) groups is 2. The van der Waals surface area contributed by atoms with Crippen molar-refractivity contribution in [3.8, 4) is 0 Å². The second kappa shape index (κ2) is 16.1. The number of fused-ring (bicyclic) bond motifs is 1. The third-order valence-electron chi connectivity index (χ3n) is 6.25. The molecule has 184 valence electrons. The van der Waals surface area contributed by atoms with Crippen LogP contribution in [0.15, 0.2) is 83.0 Å². The zero-order valence-electron chi connectivity index (χ0n) is 20.5. The Balaban J connectivity index is 0.000000260. The zero-order chi connectivity index (χ0) is 24.9. The Kier molecular flexibility index (Phi) is 14.0. The molecular formula is C29H34O5Ti. The summed E-state index contributed by atoms with van der Waals surface area (Å²) in [6, 6.07) is 16.6. The first kappa shape index (κ1) is 30.4. The van der Waals surface area contributed by atoms with Crippen LogP contribution in [0.3, 0.4) is 0 Å². The first-order chi connectivity index (χ1) is 16.5. The van der Waals surface area contributed by atoms with Crippen molar-refractivity contribution in [2.45, 2.75) is 51.9 Å². The minimum absolute atomic E-state index is 0. The van der Waals surface area contributed by atoms with Crippen molar-refractivity contribution in [1.29, 1.82) is 0 Å². The van der Waals surface area contributed by atoms with Gasteiger partial charge in [0.1, 0.15) is 0 Å². The van der Waals surface area contributed by atoms with Gasteiger partial charge in [0.05, 0.1) is 11.1 Å². The van der Waals surface area contributed by atoms with Crippen LogP contribution >= 0.6 is 0 Å². The van der Waals surface area contributed by atoms with E-state index in [1.54, 1.807) is 83.0 Å². The summed E-state index contributed by atoms with van der Waals surface area (Å²) in [5, 5.41) is 25.0. The van der Waals surface area contributed by atoms with Crippen molar-refractivity contribution in [3.63, 3.8) is 0 Å². The molecule has 0 aliphatic heterocycles. The van der Waals surface area contributed by atoms with Gasteiger partial charge in [-0.15, -0.1) is 12.0 Å². The van der Waals surface area contributed by atoms with E-state index < -0.39 is 11.9 Å². The summed E-state index contributed by atoms with van der Waals surface area (Å²) >= 11 is 0. The molecule has 3 aliphatic rings. The van der Waals surface area contributed by atoms with Gasteiger partial charge in [-0.2, -0.15) is 12.7 Å². The topological polar surface area (TPSA) is 97.7 Å². The maximum absolute atomic E-state index is 10.2. The maximum atomic E-state index is 10.2. The predicted molar refractivity (Wildman–Crippen MR) is 133 cm³/mol. The number of carboxylic acids is 2. The Morgan fingerprint density at radius 3 is 1.69 bits per heavy atom. The summed E-state index contributed by atoms with van der Waals surface area (Å²) in [6.07, 6.45) is 12.2. The first-order valence-corrected chi connectivity index (χ1v) is 11.7. The SMILES string of the molecule is CC1C2=C(CCC[CH-]2)C2=C1CCCC2.C[O-].O=C(O)c1ccccc1.O=C(O)c1ccccc1.[Ti+2]. The molecule has 6 heteroatoms. The van der Waals surface area contributed by atoms with E-state index >= 15 is 0 Å². The molecule has 2 aromatic carbocycles. The molecule has 1 atom stereocenters. The molecule has 0 spiro atoms. The molecule has 35 heavy (non-hydrogen) atoms. The fourth-order valence-corrected chi connectivity index (χ4v) is 4.67. The normalized spacial score (nSPS) is 17.3. The van der Waals surface area contributed by atoms with Crippen LogP contribution in [0.4, 0.5) is 0 Å². The van der Waals surface area contributed by atoms with Crippen LogP contribution in [0.1, 0.15) is 72.6 Å². The fourth-order valence-electron chi connectivity index (χ4n) is 4.67. The number of hydrogen-bond acceptors (Lipinski definition) is 3. The fraction of sp³-hybridized carbons (Fsp3) is 0.345. The molecule has 0 saturated carbocycles. The summed E-state index contributed by atoms with van der Waals surface area (Å²) in [7, 11) is 0.750. The molecule has 2 N–H and O–H groups in total. The monoisotopic (exact) mass is 510 g/mol. The van der Waals surface area contributed by atoms with Crippen LogP contribution in [0.2, 0.25) is 0 Å². The Morgan fingerprint density at radius 1 is 0.771 bits per heavy atom. The van der Waals surface area contributed by atoms with Crippen molar-refractivity contribution >= 4 is 11.9 Å². The molecule has 5 nitrogen and oxygen atoms in total. The molecule has 0 bridgehead atoms. The van der Waals surface area contributed by atoms with E-state index in [0.717, 1.165) is 13.0 Å². The molecule has 0 amide bonds. The molecule has 0 saturated heterocycles. The van der Waals surface area contributed by atoms with Crippen LogP contribution in [0.5, 0.6) is 0 Å². The van der Waals surface area contributed by atoms with Crippen LogP contribution in [0.25, 0.3) is 0 Å². The third kappa shape index (κ3) is 8.85. The van der Waals surface area contributed by atoms with Crippen LogP contribution in [-0.4, -0.2) is 29.3 Å². The Labute approximate surface area is 223 Å². The number of benzene rings is 2. The Bertz CT molecular complexity index is 915. The molecule has 3 aliphatic carbocycles. The standard InChI is InChI=1S/C14H19.2C7H6O2.CH3O.Ti/c1-10-11-6-2-4-8-13(11)14-9-5-3-7-12(10)14;2*8-7(9)6-4-2-1-3-5-6;1-2;/h6,10H,2-5,7-9H2,1H3;2*1-5H,(H,8,9);1H3;/q-1;;;-1;+2. The summed E-state index contributed by atoms with van der Waals surface area (Å²) in [4.78, 5) is 20.4. The van der Waals surface area contributed by atoms with Crippen molar-refractivity contribution in [2.75, 3.05) is 7.11 Å². The van der Waals surface area contributed by atoms with Gasteiger partial charge in [-0.1, -0.05) is 68.2 Å². The summed E-state index contributed by atoms with van der Waals surface area (Å²) in [5.74, 6) is -0.980. The zero-order valence-corrected chi connectivity index (χ0v) is 22.1. The number of rotatable bonds is 2. The van der Waals surface area contributed by atoms with Crippen molar-refractivity contribution in [1.82, 2.24) is 0 Å². The molecule has 0 aromatic heterocycles. The van der Waals surface area contributed by atoms with Gasteiger partial charge in [-0.3, -0.25) is 0 Å². The van der Waals surface area contributed by atoms with Gasteiger partial charge >= 0.3 is 33.7 Å². The van der Waals surface area contributed by atoms with Gasteiger partial charge in [0.15, 0.2) is 0 Å². The molecule has 1 unspecified atom stereocenters. The van der Waals surface area contributed by atoms with Gasteiger partial charge in [0.25, 0.3) is 0 Å². The van der Waals surface area contributed by atoms with E-state index in [1.165, 1.54) is 44.9 Å². The smallest absolute Gasteiger partial charge is 0.857 e. The predicted octanol–water partition coefficient (Wildman–Crippen LogP) is 5.94. The largest absolute Gasteiger partial charge is 2.00 e. The van der Waals surface area contributed by atoms with Gasteiger partial charge in [0.2, 0.25) is 0 Å². The van der Waals surface area contributed by atoms with Crippen molar-refractivity contribution < 1.29 is 46.6 Å². The van der Waals surface area contributed by atoms with E-state index in [1.807, 2.05) is 0 Å². The van der Waals surface area contributed by atoms with Crippen LogP contribution in [0, 0.1) is 12.3 Å². The second-order valence-electron chi connectivity index (χ2n) is 8.31. The minimum Gasteiger partial charge on any atom is -0.857 e. The summed E-state index contributed by atoms with van der Waals surface area (Å²) in [6.45, 7) is 2.42. The van der Waals surface area contributed by atoms with E-state index in [4.69, 9.17) is 15.3 Å². The van der Waals surface area contributed by atoms with Crippen molar-refractivity contribution in [3.05, 3.63) is 101 Å². The molecule has 0 heterocycles.